The second-order valence-electron chi connectivity index (χ2n) is 7.73. The van der Waals surface area contributed by atoms with Crippen LogP contribution in [0.25, 0.3) is 0 Å². The Morgan fingerprint density at radius 3 is 2.39 bits per heavy atom. The molecule has 0 N–H and O–H groups in total. The molecule has 7 heteroatoms. The molecule has 0 radical (unpaired) electrons. The van der Waals surface area contributed by atoms with E-state index in [1.54, 1.807) is 13.1 Å². The lowest BCUT2D eigenvalue weighted by Gasteiger charge is -2.35. The molecule has 2 saturated heterocycles. The summed E-state index contributed by atoms with van der Waals surface area (Å²) in [7, 11) is 0. The lowest BCUT2D eigenvalue weighted by Crippen LogP contribution is -2.48. The number of carbonyl (C=O) groups excluding carboxylic acids is 1. The molecular weight excluding hydrogens is 352 g/mol. The highest BCUT2D eigenvalue weighted by atomic mass is 16.2. The highest BCUT2D eigenvalue weighted by Gasteiger charge is 2.24. The molecule has 1 amide bonds. The van der Waals surface area contributed by atoms with Gasteiger partial charge in [-0.1, -0.05) is 30.3 Å². The minimum absolute atomic E-state index is 0.138. The molecule has 2 aliphatic heterocycles. The van der Waals surface area contributed by atoms with E-state index in [1.807, 2.05) is 4.90 Å². The third-order valence-electron chi connectivity index (χ3n) is 5.85. The third kappa shape index (κ3) is 4.40. The normalized spacial score (nSPS) is 18.4. The summed E-state index contributed by atoms with van der Waals surface area (Å²) in [4.78, 5) is 22.6. The van der Waals surface area contributed by atoms with E-state index in [9.17, 15) is 4.79 Å². The summed E-state index contributed by atoms with van der Waals surface area (Å²) in [5.74, 6) is 2.44. The highest BCUT2D eigenvalue weighted by Crippen LogP contribution is 2.24. The molecule has 1 aromatic carbocycles. The van der Waals surface area contributed by atoms with Gasteiger partial charge in [0, 0.05) is 46.2 Å². The molecule has 4 rings (SSSR count). The van der Waals surface area contributed by atoms with Crippen molar-refractivity contribution >= 4 is 17.7 Å². The molecule has 2 aromatic rings. The fourth-order valence-electron chi connectivity index (χ4n) is 4.11. The smallest absolute Gasteiger partial charge is 0.247 e. The molecule has 0 spiro atoms. The average molecular weight is 380 g/mol. The molecule has 1 aromatic heterocycles. The Morgan fingerprint density at radius 2 is 1.71 bits per heavy atom. The van der Waals surface area contributed by atoms with Crippen molar-refractivity contribution in [2.45, 2.75) is 26.2 Å². The van der Waals surface area contributed by atoms with Crippen molar-refractivity contribution in [3.8, 4) is 0 Å². The molecule has 0 bridgehead atoms. The average Bonchev–Trinajstić information content (AvgIpc) is 2.75. The van der Waals surface area contributed by atoms with Gasteiger partial charge in [-0.2, -0.15) is 10.1 Å². The van der Waals surface area contributed by atoms with Gasteiger partial charge in [-0.25, -0.2) is 0 Å². The number of amides is 1. The standard InChI is InChI=1S/C21H28N6O/c1-17(28)25-11-13-26(14-12-25)20-16-22-24-21(23-20)27-9-7-19(8-10-27)15-18-5-3-2-4-6-18/h2-6,16,19H,7-15H2,1H3. The quantitative estimate of drug-likeness (QED) is 0.808. The van der Waals surface area contributed by atoms with Crippen molar-refractivity contribution in [1.82, 2.24) is 20.1 Å². The number of nitrogens with zero attached hydrogens (tertiary/aromatic N) is 6. The maximum absolute atomic E-state index is 11.5. The first-order valence-electron chi connectivity index (χ1n) is 10.2. The van der Waals surface area contributed by atoms with E-state index in [4.69, 9.17) is 4.98 Å². The Balaban J connectivity index is 1.33. The maximum Gasteiger partial charge on any atom is 0.247 e. The molecule has 28 heavy (non-hydrogen) atoms. The van der Waals surface area contributed by atoms with Crippen molar-refractivity contribution in [2.24, 2.45) is 5.92 Å². The fraction of sp³-hybridized carbons (Fsp3) is 0.524. The van der Waals surface area contributed by atoms with E-state index < -0.39 is 0 Å². The van der Waals surface area contributed by atoms with Crippen LogP contribution in [0.4, 0.5) is 11.8 Å². The summed E-state index contributed by atoms with van der Waals surface area (Å²) < 4.78 is 0. The summed E-state index contributed by atoms with van der Waals surface area (Å²) in [6, 6.07) is 10.7. The zero-order valence-corrected chi connectivity index (χ0v) is 16.5. The van der Waals surface area contributed by atoms with Crippen molar-refractivity contribution in [3.05, 3.63) is 42.1 Å². The van der Waals surface area contributed by atoms with E-state index in [1.165, 1.54) is 5.56 Å². The van der Waals surface area contributed by atoms with Gasteiger partial charge in [0.05, 0.1) is 6.20 Å². The number of aromatic nitrogens is 3. The molecule has 0 atom stereocenters. The van der Waals surface area contributed by atoms with Crippen LogP contribution >= 0.6 is 0 Å². The van der Waals surface area contributed by atoms with Crippen molar-refractivity contribution in [2.75, 3.05) is 49.1 Å². The Kier molecular flexibility index (Phi) is 5.69. The molecule has 3 heterocycles. The fourth-order valence-corrected chi connectivity index (χ4v) is 4.11. The van der Waals surface area contributed by atoms with Crippen LogP contribution in [0.3, 0.4) is 0 Å². The number of piperazine rings is 1. The minimum atomic E-state index is 0.138. The molecule has 0 aliphatic carbocycles. The molecular formula is C21H28N6O. The molecule has 2 fully saturated rings. The number of carbonyl (C=O) groups is 1. The largest absolute Gasteiger partial charge is 0.352 e. The van der Waals surface area contributed by atoms with Gasteiger partial charge in [-0.3, -0.25) is 4.79 Å². The number of rotatable bonds is 4. The summed E-state index contributed by atoms with van der Waals surface area (Å²) in [5, 5.41) is 8.48. The van der Waals surface area contributed by atoms with Crippen molar-refractivity contribution in [3.63, 3.8) is 0 Å². The van der Waals surface area contributed by atoms with E-state index >= 15 is 0 Å². The van der Waals surface area contributed by atoms with E-state index in [-0.39, 0.29) is 5.91 Å². The Hall–Kier alpha value is -2.70. The number of piperidine rings is 1. The SMILES string of the molecule is CC(=O)N1CCN(c2cnnc(N3CCC(Cc4ccccc4)CC3)n2)CC1. The summed E-state index contributed by atoms with van der Waals surface area (Å²) in [5.41, 5.74) is 1.42. The number of hydrogen-bond acceptors (Lipinski definition) is 6. The monoisotopic (exact) mass is 380 g/mol. The number of hydrogen-bond donors (Lipinski definition) is 0. The predicted molar refractivity (Wildman–Crippen MR) is 109 cm³/mol. The Morgan fingerprint density at radius 1 is 1.00 bits per heavy atom. The zero-order chi connectivity index (χ0) is 19.3. The van der Waals surface area contributed by atoms with Gasteiger partial charge in [0.25, 0.3) is 0 Å². The number of benzene rings is 1. The van der Waals surface area contributed by atoms with Crippen LogP contribution in [-0.4, -0.2) is 65.3 Å². The molecule has 2 aliphatic rings. The summed E-state index contributed by atoms with van der Waals surface area (Å²) >= 11 is 0. The molecule has 148 valence electrons. The van der Waals surface area contributed by atoms with Crippen LogP contribution in [0.15, 0.2) is 36.5 Å². The lowest BCUT2D eigenvalue weighted by molar-refractivity contribution is -0.129. The predicted octanol–water partition coefficient (Wildman–Crippen LogP) is 2.00. The van der Waals surface area contributed by atoms with Crippen molar-refractivity contribution < 1.29 is 4.79 Å². The van der Waals surface area contributed by atoms with Gasteiger partial charge in [0.2, 0.25) is 11.9 Å². The second kappa shape index (κ2) is 8.54. The second-order valence-corrected chi connectivity index (χ2v) is 7.73. The van der Waals surface area contributed by atoms with Crippen LogP contribution < -0.4 is 9.80 Å². The first-order chi connectivity index (χ1) is 13.7. The summed E-state index contributed by atoms with van der Waals surface area (Å²) in [6.45, 7) is 6.62. The maximum atomic E-state index is 11.5. The van der Waals surface area contributed by atoms with Gasteiger partial charge in [-0.15, -0.1) is 5.10 Å². The van der Waals surface area contributed by atoms with Crippen LogP contribution in [0.1, 0.15) is 25.3 Å². The van der Waals surface area contributed by atoms with Crippen LogP contribution in [-0.2, 0) is 11.2 Å². The molecule has 7 nitrogen and oxygen atoms in total. The number of anilines is 2. The third-order valence-corrected chi connectivity index (χ3v) is 5.85. The zero-order valence-electron chi connectivity index (χ0n) is 16.5. The Bertz CT molecular complexity index is 782. The lowest BCUT2D eigenvalue weighted by atomic mass is 9.90. The van der Waals surface area contributed by atoms with Gasteiger partial charge in [-0.05, 0) is 30.7 Å². The van der Waals surface area contributed by atoms with Gasteiger partial charge in [0.1, 0.15) is 0 Å². The van der Waals surface area contributed by atoms with E-state index in [0.29, 0.717) is 0 Å². The minimum Gasteiger partial charge on any atom is -0.352 e. The van der Waals surface area contributed by atoms with Crippen LogP contribution in [0.5, 0.6) is 0 Å². The first kappa shape index (κ1) is 18.7. The first-order valence-corrected chi connectivity index (χ1v) is 10.2. The topological polar surface area (TPSA) is 65.5 Å². The van der Waals surface area contributed by atoms with Gasteiger partial charge >= 0.3 is 0 Å². The Labute approximate surface area is 166 Å². The van der Waals surface area contributed by atoms with Crippen LogP contribution in [0.2, 0.25) is 0 Å². The van der Waals surface area contributed by atoms with Gasteiger partial charge < -0.3 is 14.7 Å². The van der Waals surface area contributed by atoms with Gasteiger partial charge in [0.15, 0.2) is 5.82 Å². The summed E-state index contributed by atoms with van der Waals surface area (Å²) in [6.07, 6.45) is 5.18. The van der Waals surface area contributed by atoms with Crippen molar-refractivity contribution in [1.29, 1.82) is 0 Å². The van der Waals surface area contributed by atoms with E-state index in [0.717, 1.165) is 76.2 Å². The molecule has 0 saturated carbocycles. The molecule has 0 unspecified atom stereocenters. The highest BCUT2D eigenvalue weighted by molar-refractivity contribution is 5.73. The van der Waals surface area contributed by atoms with Crippen LogP contribution in [0, 0.1) is 5.92 Å². The van der Waals surface area contributed by atoms with E-state index in [2.05, 4.69) is 50.3 Å².